The van der Waals surface area contributed by atoms with Gasteiger partial charge >= 0.3 is 0 Å². The van der Waals surface area contributed by atoms with E-state index in [0.717, 1.165) is 0 Å². The maximum Gasteiger partial charge on any atom is 0.0543 e. The first-order valence-corrected chi connectivity index (χ1v) is 23.3. The van der Waals surface area contributed by atoms with Crippen molar-refractivity contribution >= 4 is 17.1 Å². The second-order valence-electron chi connectivity index (χ2n) is 24.4. The number of aryl methyl sites for hydroxylation is 2. The van der Waals surface area contributed by atoms with Crippen LogP contribution in [0.4, 0.5) is 17.1 Å². The van der Waals surface area contributed by atoms with Crippen molar-refractivity contribution in [3.8, 4) is 22.3 Å². The number of benzene rings is 5. The van der Waals surface area contributed by atoms with E-state index in [2.05, 4.69) is 195 Å². The van der Waals surface area contributed by atoms with Crippen LogP contribution in [0.3, 0.4) is 0 Å². The topological polar surface area (TPSA) is 3.24 Å². The Hall–Kier alpha value is -4.10. The number of hydrogen-bond donors (Lipinski definition) is 0. The van der Waals surface area contributed by atoms with Gasteiger partial charge in [0, 0.05) is 22.4 Å². The molecule has 0 N–H and O–H groups in total. The van der Waals surface area contributed by atoms with Gasteiger partial charge in [0.1, 0.15) is 0 Å². The van der Waals surface area contributed by atoms with Crippen molar-refractivity contribution in [3.63, 3.8) is 0 Å². The van der Waals surface area contributed by atoms with E-state index >= 15 is 0 Å². The lowest BCUT2D eigenvalue weighted by molar-refractivity contribution is 0.331. The van der Waals surface area contributed by atoms with Crippen molar-refractivity contribution < 1.29 is 0 Å². The highest BCUT2D eigenvalue weighted by Gasteiger charge is 2.43. The number of rotatable bonds is 4. The van der Waals surface area contributed by atoms with Gasteiger partial charge in [-0.2, -0.15) is 0 Å². The Kier molecular flexibility index (Phi) is 8.92. The van der Waals surface area contributed by atoms with Crippen LogP contribution in [-0.4, -0.2) is 0 Å². The van der Waals surface area contributed by atoms with E-state index in [9.17, 15) is 0 Å². The van der Waals surface area contributed by atoms with Crippen molar-refractivity contribution in [2.45, 2.75) is 187 Å². The molecule has 0 unspecified atom stereocenters. The summed E-state index contributed by atoms with van der Waals surface area (Å²) < 4.78 is 0. The van der Waals surface area contributed by atoms with Crippen molar-refractivity contribution in [3.05, 3.63) is 134 Å². The first-order chi connectivity index (χ1) is 27.8. The molecule has 0 atom stereocenters. The van der Waals surface area contributed by atoms with Gasteiger partial charge in [0.25, 0.3) is 0 Å². The minimum Gasteiger partial charge on any atom is -0.309 e. The zero-order valence-corrected chi connectivity index (χ0v) is 40.2. The Labute approximate surface area is 364 Å². The highest BCUT2D eigenvalue weighted by Crippen LogP contribution is 2.57. The van der Waals surface area contributed by atoms with Gasteiger partial charge in [-0.1, -0.05) is 152 Å². The molecule has 0 aliphatic heterocycles. The third-order valence-corrected chi connectivity index (χ3v) is 16.9. The molecule has 5 aromatic rings. The molecule has 0 radical (unpaired) electrons. The maximum atomic E-state index is 2.74. The minimum atomic E-state index is -0.138. The molecule has 1 nitrogen and oxygen atoms in total. The SMILES string of the molecule is Cc1cc2c(cc1N(c1cc3c(cc1C)C(C)(C)CCC3(C)C)c1cc3c(cc1-c1ccc4c(c1)C(C)(C)CCC4(C)C)-c1ccccc1C3(C)C)C(C)(C)CCC2(C)C. The fourth-order valence-electron chi connectivity index (χ4n) is 12.2. The van der Waals surface area contributed by atoms with Crippen molar-refractivity contribution in [1.29, 1.82) is 0 Å². The molecule has 0 spiro atoms. The average Bonchev–Trinajstić information content (AvgIpc) is 3.40. The lowest BCUT2D eigenvalue weighted by Crippen LogP contribution is -2.35. The maximum absolute atomic E-state index is 2.74. The Morgan fingerprint density at radius 2 is 0.733 bits per heavy atom. The van der Waals surface area contributed by atoms with Gasteiger partial charge in [-0.15, -0.1) is 0 Å². The Morgan fingerprint density at radius 1 is 0.333 bits per heavy atom. The number of fused-ring (bicyclic) bond motifs is 6. The van der Waals surface area contributed by atoms with Crippen LogP contribution in [0, 0.1) is 13.8 Å². The summed E-state index contributed by atoms with van der Waals surface area (Å²) in [5.74, 6) is 0. The monoisotopic (exact) mass is 796 g/mol. The van der Waals surface area contributed by atoms with Crippen LogP contribution < -0.4 is 4.90 Å². The van der Waals surface area contributed by atoms with Crippen molar-refractivity contribution in [1.82, 2.24) is 0 Å². The molecule has 0 aromatic heterocycles. The van der Waals surface area contributed by atoms with Crippen molar-refractivity contribution in [2.24, 2.45) is 0 Å². The molecule has 1 heteroatoms. The van der Waals surface area contributed by atoms with Crippen LogP contribution in [0.5, 0.6) is 0 Å². The Bertz CT molecular complexity index is 2510. The van der Waals surface area contributed by atoms with Crippen LogP contribution in [0.25, 0.3) is 22.3 Å². The quantitative estimate of drug-likeness (QED) is 0.175. The second-order valence-corrected chi connectivity index (χ2v) is 24.4. The number of hydrogen-bond acceptors (Lipinski definition) is 1. The molecule has 4 aliphatic carbocycles. The summed E-state index contributed by atoms with van der Waals surface area (Å²) in [5, 5.41) is 0. The van der Waals surface area contributed by atoms with Gasteiger partial charge in [-0.3, -0.25) is 0 Å². The van der Waals surface area contributed by atoms with E-state index in [1.807, 2.05) is 0 Å². The third kappa shape index (κ3) is 6.13. The lowest BCUT2D eigenvalue weighted by atomic mass is 9.62. The standard InChI is InChI=1S/C59H73N/c1-36-29-45-48(57(11,12)27-25-54(45,5)6)34-50(36)60(51-35-49-46(30-37(51)2)55(7,8)26-28-58(49,13)14)52-33-44-41(39-19-17-18-20-42(39)59(44,15)16)32-40(52)38-21-22-43-47(31-38)56(9,10)24-23-53(43,3)4/h17-22,29-35H,23-28H2,1-16H3. The molecule has 0 saturated carbocycles. The average molecular weight is 796 g/mol. The normalized spacial score (nSPS) is 21.5. The summed E-state index contributed by atoms with van der Waals surface area (Å²) in [4.78, 5) is 2.74. The third-order valence-electron chi connectivity index (χ3n) is 16.9. The van der Waals surface area contributed by atoms with Crippen molar-refractivity contribution in [2.75, 3.05) is 4.90 Å². The van der Waals surface area contributed by atoms with Crippen LogP contribution >= 0.6 is 0 Å². The molecule has 9 rings (SSSR count). The van der Waals surface area contributed by atoms with E-state index in [0.29, 0.717) is 0 Å². The fraction of sp³-hybridized carbons (Fsp3) is 0.492. The van der Waals surface area contributed by atoms with E-state index in [-0.39, 0.29) is 37.9 Å². The zero-order valence-electron chi connectivity index (χ0n) is 40.2. The van der Waals surface area contributed by atoms with Crippen LogP contribution in [0.15, 0.2) is 78.9 Å². The molecule has 314 valence electrons. The first-order valence-electron chi connectivity index (χ1n) is 23.3. The molecule has 0 fully saturated rings. The highest BCUT2D eigenvalue weighted by atomic mass is 15.2. The van der Waals surface area contributed by atoms with Gasteiger partial charge in [0.05, 0.1) is 5.69 Å². The zero-order chi connectivity index (χ0) is 43.3. The molecule has 0 bridgehead atoms. The molecule has 4 aliphatic rings. The Morgan fingerprint density at radius 3 is 1.22 bits per heavy atom. The number of nitrogens with zero attached hydrogens (tertiary/aromatic N) is 1. The van der Waals surface area contributed by atoms with Gasteiger partial charge in [0.15, 0.2) is 0 Å². The summed E-state index contributed by atoms with van der Waals surface area (Å²) in [5.41, 5.74) is 24.5. The summed E-state index contributed by atoms with van der Waals surface area (Å²) in [7, 11) is 0. The largest absolute Gasteiger partial charge is 0.309 e. The minimum absolute atomic E-state index is 0.0805. The summed E-state index contributed by atoms with van der Waals surface area (Å²) in [6, 6.07) is 32.4. The summed E-state index contributed by atoms with van der Waals surface area (Å²) in [6.07, 6.45) is 7.21. The van der Waals surface area contributed by atoms with Gasteiger partial charge in [0.2, 0.25) is 0 Å². The fourth-order valence-corrected chi connectivity index (χ4v) is 12.2. The van der Waals surface area contributed by atoms with Crippen LogP contribution in [0.2, 0.25) is 0 Å². The summed E-state index contributed by atoms with van der Waals surface area (Å²) >= 11 is 0. The summed E-state index contributed by atoms with van der Waals surface area (Å²) in [6.45, 7) is 39.3. The Balaban J connectivity index is 1.42. The molecular formula is C59H73N. The molecule has 0 heterocycles. The number of anilines is 3. The highest BCUT2D eigenvalue weighted by molar-refractivity contribution is 5.96. The van der Waals surface area contributed by atoms with E-state index in [4.69, 9.17) is 0 Å². The van der Waals surface area contributed by atoms with Crippen LogP contribution in [-0.2, 0) is 37.9 Å². The predicted octanol–water partition coefficient (Wildman–Crippen LogP) is 16.8. The molecule has 0 saturated heterocycles. The van der Waals surface area contributed by atoms with E-state index in [1.54, 1.807) is 0 Å². The van der Waals surface area contributed by atoms with E-state index < -0.39 is 0 Å². The smallest absolute Gasteiger partial charge is 0.0543 e. The molecule has 5 aromatic carbocycles. The molecule has 0 amide bonds. The first kappa shape index (κ1) is 41.3. The van der Waals surface area contributed by atoms with Crippen LogP contribution in [0.1, 0.15) is 191 Å². The van der Waals surface area contributed by atoms with Gasteiger partial charge in [-0.05, 0) is 181 Å². The van der Waals surface area contributed by atoms with E-state index in [1.165, 1.54) is 133 Å². The predicted molar refractivity (Wildman–Crippen MR) is 259 cm³/mol. The molecule has 60 heavy (non-hydrogen) atoms. The van der Waals surface area contributed by atoms with Gasteiger partial charge < -0.3 is 4.90 Å². The molecular weight excluding hydrogens is 723 g/mol. The lowest BCUT2D eigenvalue weighted by Gasteiger charge is -2.44. The second kappa shape index (κ2) is 13.0. The van der Waals surface area contributed by atoms with Gasteiger partial charge in [-0.25, -0.2) is 0 Å².